The predicted molar refractivity (Wildman–Crippen MR) is 77.5 cm³/mol. The molecule has 0 rings (SSSR count). The summed E-state index contributed by atoms with van der Waals surface area (Å²) >= 11 is 0. The molecule has 0 radical (unpaired) electrons. The molecule has 0 aliphatic heterocycles. The Morgan fingerprint density at radius 3 is 2.42 bits per heavy atom. The summed E-state index contributed by atoms with van der Waals surface area (Å²) < 4.78 is 10.2. The van der Waals surface area contributed by atoms with Crippen LogP contribution in [0, 0.1) is 0 Å². The van der Waals surface area contributed by atoms with E-state index in [9.17, 15) is 4.79 Å². The van der Waals surface area contributed by atoms with E-state index in [4.69, 9.17) is 9.47 Å². The zero-order valence-corrected chi connectivity index (χ0v) is 13.1. The van der Waals surface area contributed by atoms with E-state index in [1.165, 1.54) is 0 Å². The Hall–Kier alpha value is -0.810. The normalized spacial score (nSPS) is 11.7. The lowest BCUT2D eigenvalue weighted by atomic mass is 10.2. The SMILES string of the molecule is CCCN(CCCOC)CCNC(=O)OC(C)(C)C. The van der Waals surface area contributed by atoms with Crippen molar-refractivity contribution in [1.29, 1.82) is 0 Å². The number of methoxy groups -OCH3 is 1. The Balaban J connectivity index is 3.82. The van der Waals surface area contributed by atoms with Gasteiger partial charge >= 0.3 is 6.09 Å². The summed E-state index contributed by atoms with van der Waals surface area (Å²) in [4.78, 5) is 13.8. The standard InChI is InChI=1S/C14H30N2O3/c1-6-9-16(10-7-12-18-5)11-8-15-13(17)19-14(2,3)4/h6-12H2,1-5H3,(H,15,17). The molecule has 5 heteroatoms. The number of rotatable bonds is 9. The molecule has 1 amide bonds. The van der Waals surface area contributed by atoms with Crippen LogP contribution >= 0.6 is 0 Å². The Labute approximate surface area is 117 Å². The first-order valence-corrected chi connectivity index (χ1v) is 7.07. The van der Waals surface area contributed by atoms with E-state index in [-0.39, 0.29) is 6.09 Å². The van der Waals surface area contributed by atoms with Crippen molar-refractivity contribution in [2.75, 3.05) is 39.9 Å². The van der Waals surface area contributed by atoms with Gasteiger partial charge in [-0.1, -0.05) is 6.92 Å². The highest BCUT2D eigenvalue weighted by molar-refractivity contribution is 5.67. The molecule has 0 atom stereocenters. The number of alkyl carbamates (subject to hydrolysis) is 1. The molecule has 0 unspecified atom stereocenters. The second-order valence-corrected chi connectivity index (χ2v) is 5.62. The number of amides is 1. The van der Waals surface area contributed by atoms with Crippen molar-refractivity contribution >= 4 is 6.09 Å². The summed E-state index contributed by atoms with van der Waals surface area (Å²) in [5.41, 5.74) is -0.439. The molecule has 0 saturated carbocycles. The van der Waals surface area contributed by atoms with E-state index in [1.54, 1.807) is 7.11 Å². The van der Waals surface area contributed by atoms with Gasteiger partial charge < -0.3 is 19.7 Å². The van der Waals surface area contributed by atoms with Gasteiger partial charge in [-0.2, -0.15) is 0 Å². The maximum absolute atomic E-state index is 11.5. The van der Waals surface area contributed by atoms with Gasteiger partial charge in [0.25, 0.3) is 0 Å². The molecule has 19 heavy (non-hydrogen) atoms. The van der Waals surface area contributed by atoms with Crippen LogP contribution in [0.2, 0.25) is 0 Å². The molecule has 0 spiro atoms. The van der Waals surface area contributed by atoms with Crippen LogP contribution in [0.1, 0.15) is 40.5 Å². The summed E-state index contributed by atoms with van der Waals surface area (Å²) in [6, 6.07) is 0. The third kappa shape index (κ3) is 12.0. The molecule has 0 aliphatic carbocycles. The zero-order valence-electron chi connectivity index (χ0n) is 13.1. The lowest BCUT2D eigenvalue weighted by Crippen LogP contribution is -2.38. The van der Waals surface area contributed by atoms with E-state index in [1.807, 2.05) is 20.8 Å². The fourth-order valence-electron chi connectivity index (χ4n) is 1.71. The maximum Gasteiger partial charge on any atom is 0.407 e. The van der Waals surface area contributed by atoms with E-state index < -0.39 is 5.60 Å². The average molecular weight is 274 g/mol. The third-order valence-corrected chi connectivity index (χ3v) is 2.46. The third-order valence-electron chi connectivity index (χ3n) is 2.46. The minimum atomic E-state index is -0.439. The molecule has 0 aromatic carbocycles. The molecule has 0 saturated heterocycles. The van der Waals surface area contributed by atoms with Gasteiger partial charge in [0.2, 0.25) is 0 Å². The van der Waals surface area contributed by atoms with Crippen molar-refractivity contribution in [2.24, 2.45) is 0 Å². The minimum Gasteiger partial charge on any atom is -0.444 e. The van der Waals surface area contributed by atoms with Crippen LogP contribution in [0.15, 0.2) is 0 Å². The van der Waals surface area contributed by atoms with Crippen molar-refractivity contribution in [3.8, 4) is 0 Å². The van der Waals surface area contributed by atoms with Crippen LogP contribution in [0.5, 0.6) is 0 Å². The van der Waals surface area contributed by atoms with Crippen molar-refractivity contribution in [2.45, 2.75) is 46.1 Å². The van der Waals surface area contributed by atoms with Crippen LogP contribution in [0.3, 0.4) is 0 Å². The number of carbonyl (C=O) groups is 1. The number of ether oxygens (including phenoxy) is 2. The Morgan fingerprint density at radius 1 is 1.21 bits per heavy atom. The quantitative estimate of drug-likeness (QED) is 0.655. The molecule has 5 nitrogen and oxygen atoms in total. The van der Waals surface area contributed by atoms with Crippen molar-refractivity contribution in [1.82, 2.24) is 10.2 Å². The van der Waals surface area contributed by atoms with Gasteiger partial charge in [-0.25, -0.2) is 4.79 Å². The van der Waals surface area contributed by atoms with Crippen LogP contribution < -0.4 is 5.32 Å². The van der Waals surface area contributed by atoms with Gasteiger partial charge in [-0.3, -0.25) is 0 Å². The van der Waals surface area contributed by atoms with Crippen molar-refractivity contribution in [3.05, 3.63) is 0 Å². The molecule has 0 aliphatic rings. The van der Waals surface area contributed by atoms with Gasteiger partial charge in [0.05, 0.1) is 0 Å². The topological polar surface area (TPSA) is 50.8 Å². The largest absolute Gasteiger partial charge is 0.444 e. The van der Waals surface area contributed by atoms with Crippen LogP contribution in [-0.2, 0) is 9.47 Å². The first-order valence-electron chi connectivity index (χ1n) is 7.07. The first-order chi connectivity index (χ1) is 8.89. The summed E-state index contributed by atoms with van der Waals surface area (Å²) in [6.45, 7) is 12.0. The summed E-state index contributed by atoms with van der Waals surface area (Å²) in [5, 5.41) is 2.78. The van der Waals surface area contributed by atoms with Crippen molar-refractivity contribution in [3.63, 3.8) is 0 Å². The molecule has 0 aromatic rings. The lowest BCUT2D eigenvalue weighted by Gasteiger charge is -2.23. The lowest BCUT2D eigenvalue weighted by molar-refractivity contribution is 0.0521. The highest BCUT2D eigenvalue weighted by Crippen LogP contribution is 2.06. The van der Waals surface area contributed by atoms with Crippen LogP contribution in [0.4, 0.5) is 4.79 Å². The van der Waals surface area contributed by atoms with E-state index in [0.29, 0.717) is 6.54 Å². The number of hydrogen-bond donors (Lipinski definition) is 1. The fourth-order valence-corrected chi connectivity index (χ4v) is 1.71. The number of nitrogens with one attached hydrogen (secondary N) is 1. The Morgan fingerprint density at radius 2 is 1.89 bits per heavy atom. The van der Waals surface area contributed by atoms with Gasteiger partial charge in [0, 0.05) is 33.4 Å². The monoisotopic (exact) mass is 274 g/mol. The molecule has 0 fully saturated rings. The van der Waals surface area contributed by atoms with Crippen LogP contribution in [-0.4, -0.2) is 56.5 Å². The highest BCUT2D eigenvalue weighted by atomic mass is 16.6. The second-order valence-electron chi connectivity index (χ2n) is 5.62. The van der Waals surface area contributed by atoms with Crippen molar-refractivity contribution < 1.29 is 14.3 Å². The highest BCUT2D eigenvalue weighted by Gasteiger charge is 2.15. The first kappa shape index (κ1) is 18.2. The van der Waals surface area contributed by atoms with Gasteiger partial charge in [0.15, 0.2) is 0 Å². The van der Waals surface area contributed by atoms with E-state index in [0.717, 1.165) is 39.1 Å². The molecular weight excluding hydrogens is 244 g/mol. The Kier molecular flexibility index (Phi) is 9.61. The minimum absolute atomic E-state index is 0.346. The van der Waals surface area contributed by atoms with Gasteiger partial charge in [-0.05, 0) is 40.2 Å². The molecular formula is C14H30N2O3. The molecule has 0 heterocycles. The molecule has 0 aromatic heterocycles. The maximum atomic E-state index is 11.5. The zero-order chi connectivity index (χ0) is 14.7. The smallest absolute Gasteiger partial charge is 0.407 e. The number of nitrogens with zero attached hydrogens (tertiary/aromatic N) is 1. The average Bonchev–Trinajstić information content (AvgIpc) is 2.27. The second kappa shape index (κ2) is 10.0. The number of carbonyl (C=O) groups excluding carboxylic acids is 1. The summed E-state index contributed by atoms with van der Waals surface area (Å²) in [6.07, 6.45) is 1.78. The number of hydrogen-bond acceptors (Lipinski definition) is 4. The predicted octanol–water partition coefficient (Wildman–Crippen LogP) is 2.26. The summed E-state index contributed by atoms with van der Waals surface area (Å²) in [7, 11) is 1.72. The molecule has 0 bridgehead atoms. The Bertz CT molecular complexity index is 239. The van der Waals surface area contributed by atoms with Gasteiger partial charge in [-0.15, -0.1) is 0 Å². The molecule has 114 valence electrons. The van der Waals surface area contributed by atoms with Gasteiger partial charge in [0.1, 0.15) is 5.60 Å². The molecule has 1 N–H and O–H groups in total. The summed E-state index contributed by atoms with van der Waals surface area (Å²) in [5.74, 6) is 0. The van der Waals surface area contributed by atoms with Crippen LogP contribution in [0.25, 0.3) is 0 Å². The fraction of sp³-hybridized carbons (Fsp3) is 0.929. The van der Waals surface area contributed by atoms with E-state index in [2.05, 4.69) is 17.1 Å². The van der Waals surface area contributed by atoms with E-state index >= 15 is 0 Å².